The van der Waals surface area contributed by atoms with E-state index < -0.39 is 0 Å². The Labute approximate surface area is 177 Å². The third-order valence-corrected chi connectivity index (χ3v) is 6.62. The Bertz CT molecular complexity index is 688. The summed E-state index contributed by atoms with van der Waals surface area (Å²) >= 11 is 0. The minimum absolute atomic E-state index is 0.552. The van der Waals surface area contributed by atoms with Crippen LogP contribution in [0.15, 0.2) is 36.4 Å². The van der Waals surface area contributed by atoms with Crippen LogP contribution >= 0.6 is 0 Å². The number of aryl methyl sites for hydroxylation is 1. The summed E-state index contributed by atoms with van der Waals surface area (Å²) in [6, 6.07) is 12.7. The summed E-state index contributed by atoms with van der Waals surface area (Å²) in [6.45, 7) is 2.30. The largest absolute Gasteiger partial charge is 0.480 e. The number of hydrogen-bond acceptors (Lipinski definition) is 3. The van der Waals surface area contributed by atoms with E-state index >= 15 is 0 Å². The third-order valence-electron chi connectivity index (χ3n) is 6.62. The van der Waals surface area contributed by atoms with Gasteiger partial charge in [0, 0.05) is 11.6 Å². The predicted molar refractivity (Wildman–Crippen MR) is 121 cm³/mol. The molecule has 0 unspecified atom stereocenters. The molecule has 0 amide bonds. The molecule has 3 nitrogen and oxygen atoms in total. The number of nitrogens with zero attached hydrogens (tertiary/aromatic N) is 2. The van der Waals surface area contributed by atoms with Crippen LogP contribution in [0, 0.1) is 11.8 Å². The molecule has 3 rings (SSSR count). The van der Waals surface area contributed by atoms with Crippen LogP contribution in [0.3, 0.4) is 0 Å². The maximum atomic E-state index is 5.08. The molecule has 0 spiro atoms. The van der Waals surface area contributed by atoms with E-state index in [1.165, 1.54) is 82.6 Å². The van der Waals surface area contributed by atoms with E-state index in [1.54, 1.807) is 7.11 Å². The molecular weight excluding hydrogens is 356 g/mol. The van der Waals surface area contributed by atoms with Crippen LogP contribution in [0.4, 0.5) is 0 Å². The number of aromatic nitrogens is 2. The lowest BCUT2D eigenvalue weighted by atomic mass is 9.77. The fraction of sp³-hybridized carbons (Fsp3) is 0.615. The van der Waals surface area contributed by atoms with Crippen LogP contribution in [0.5, 0.6) is 5.88 Å². The SMILES string of the molecule is CCCCCCCC1CCC(CCc2ccc(-c3ccc(OC)nn3)cc2)CC1. The maximum Gasteiger partial charge on any atom is 0.233 e. The van der Waals surface area contributed by atoms with Crippen molar-refractivity contribution in [3.8, 4) is 17.1 Å². The van der Waals surface area contributed by atoms with Crippen LogP contribution in [0.2, 0.25) is 0 Å². The first-order valence-corrected chi connectivity index (χ1v) is 11.8. The Hall–Kier alpha value is -1.90. The number of unbranched alkanes of at least 4 members (excludes halogenated alkanes) is 4. The van der Waals surface area contributed by atoms with Crippen LogP contribution in [-0.4, -0.2) is 17.3 Å². The summed E-state index contributed by atoms with van der Waals surface area (Å²) in [7, 11) is 1.61. The molecule has 0 bridgehead atoms. The maximum absolute atomic E-state index is 5.08. The van der Waals surface area contributed by atoms with Gasteiger partial charge in [0.2, 0.25) is 5.88 Å². The highest BCUT2D eigenvalue weighted by Gasteiger charge is 2.20. The molecule has 1 aliphatic rings. The van der Waals surface area contributed by atoms with Crippen LogP contribution < -0.4 is 4.74 Å². The lowest BCUT2D eigenvalue weighted by Gasteiger charge is -2.28. The average Bonchev–Trinajstić information content (AvgIpc) is 2.79. The highest BCUT2D eigenvalue weighted by molar-refractivity contribution is 5.58. The van der Waals surface area contributed by atoms with Gasteiger partial charge < -0.3 is 4.74 Å². The van der Waals surface area contributed by atoms with Crippen LogP contribution in [0.25, 0.3) is 11.3 Å². The van der Waals surface area contributed by atoms with Gasteiger partial charge in [-0.15, -0.1) is 10.2 Å². The summed E-state index contributed by atoms with van der Waals surface area (Å²) in [5.41, 5.74) is 3.45. The molecule has 0 radical (unpaired) electrons. The van der Waals surface area contributed by atoms with E-state index in [-0.39, 0.29) is 0 Å². The number of ether oxygens (including phenoxy) is 1. The van der Waals surface area contributed by atoms with Crippen molar-refractivity contribution in [2.45, 2.75) is 84.0 Å². The Morgan fingerprint density at radius 1 is 0.793 bits per heavy atom. The zero-order chi connectivity index (χ0) is 20.3. The Morgan fingerprint density at radius 2 is 1.48 bits per heavy atom. The molecule has 0 aliphatic heterocycles. The van der Waals surface area contributed by atoms with Crippen LogP contribution in [-0.2, 0) is 6.42 Å². The molecule has 0 atom stereocenters. The Balaban J connectivity index is 1.36. The van der Waals surface area contributed by atoms with E-state index in [1.807, 2.05) is 12.1 Å². The lowest BCUT2D eigenvalue weighted by molar-refractivity contribution is 0.248. The van der Waals surface area contributed by atoms with E-state index in [0.29, 0.717) is 5.88 Å². The number of benzene rings is 1. The third kappa shape index (κ3) is 7.13. The van der Waals surface area contributed by atoms with Gasteiger partial charge in [-0.1, -0.05) is 95.4 Å². The minimum Gasteiger partial charge on any atom is -0.480 e. The van der Waals surface area contributed by atoms with Gasteiger partial charge in [-0.05, 0) is 36.3 Å². The van der Waals surface area contributed by atoms with Crippen molar-refractivity contribution in [3.05, 3.63) is 42.0 Å². The van der Waals surface area contributed by atoms with Gasteiger partial charge in [0.1, 0.15) is 0 Å². The molecule has 1 heterocycles. The summed E-state index contributed by atoms with van der Waals surface area (Å²) in [5, 5.41) is 8.30. The number of rotatable bonds is 11. The lowest BCUT2D eigenvalue weighted by Crippen LogP contribution is -2.15. The van der Waals surface area contributed by atoms with Gasteiger partial charge in [0.25, 0.3) is 0 Å². The quantitative estimate of drug-likeness (QED) is 0.376. The molecule has 3 heteroatoms. The monoisotopic (exact) mass is 394 g/mol. The molecular formula is C26H38N2O. The van der Waals surface area contributed by atoms with Crippen molar-refractivity contribution in [2.75, 3.05) is 7.11 Å². The van der Waals surface area contributed by atoms with Gasteiger partial charge in [0.15, 0.2) is 0 Å². The number of methoxy groups -OCH3 is 1. The molecule has 1 aromatic heterocycles. The topological polar surface area (TPSA) is 35.0 Å². The highest BCUT2D eigenvalue weighted by atomic mass is 16.5. The van der Waals surface area contributed by atoms with Gasteiger partial charge in [-0.2, -0.15) is 0 Å². The molecule has 2 aromatic rings. The van der Waals surface area contributed by atoms with Gasteiger partial charge in [-0.25, -0.2) is 0 Å². The second-order valence-corrected chi connectivity index (χ2v) is 8.79. The van der Waals surface area contributed by atoms with Crippen LogP contribution in [0.1, 0.15) is 83.1 Å². The smallest absolute Gasteiger partial charge is 0.233 e. The standard InChI is InChI=1S/C26H38N2O/c1-3-4-5-6-7-8-21-9-11-22(12-10-21)13-14-23-15-17-24(18-16-23)25-19-20-26(29-2)28-27-25/h15-22H,3-14H2,1-2H3. The Kier molecular flexibility index (Phi) is 8.98. The second kappa shape index (κ2) is 11.9. The van der Waals surface area contributed by atoms with E-state index in [9.17, 15) is 0 Å². The first-order valence-electron chi connectivity index (χ1n) is 11.8. The van der Waals surface area contributed by atoms with Crippen molar-refractivity contribution >= 4 is 0 Å². The molecule has 1 saturated carbocycles. The zero-order valence-corrected chi connectivity index (χ0v) is 18.4. The molecule has 158 valence electrons. The summed E-state index contributed by atoms with van der Waals surface area (Å²) < 4.78 is 5.08. The predicted octanol–water partition coefficient (Wildman–Crippen LogP) is 7.25. The molecule has 29 heavy (non-hydrogen) atoms. The van der Waals surface area contributed by atoms with Crippen molar-refractivity contribution in [2.24, 2.45) is 11.8 Å². The van der Waals surface area contributed by atoms with E-state index in [0.717, 1.165) is 23.1 Å². The summed E-state index contributed by atoms with van der Waals surface area (Å²) in [4.78, 5) is 0. The van der Waals surface area contributed by atoms with Gasteiger partial charge in [0.05, 0.1) is 12.8 Å². The van der Waals surface area contributed by atoms with Gasteiger partial charge in [-0.3, -0.25) is 0 Å². The summed E-state index contributed by atoms with van der Waals surface area (Å²) in [6.07, 6.45) is 16.9. The number of hydrogen-bond donors (Lipinski definition) is 0. The molecule has 1 aliphatic carbocycles. The first-order chi connectivity index (χ1) is 14.3. The molecule has 1 aromatic carbocycles. The van der Waals surface area contributed by atoms with E-state index in [2.05, 4.69) is 41.4 Å². The Morgan fingerprint density at radius 3 is 2.10 bits per heavy atom. The van der Waals surface area contributed by atoms with E-state index in [4.69, 9.17) is 4.74 Å². The fourth-order valence-electron chi connectivity index (χ4n) is 4.64. The fourth-order valence-corrected chi connectivity index (χ4v) is 4.64. The summed E-state index contributed by atoms with van der Waals surface area (Å²) in [5.74, 6) is 2.49. The van der Waals surface area contributed by atoms with Crippen molar-refractivity contribution in [3.63, 3.8) is 0 Å². The molecule has 1 fully saturated rings. The molecule has 0 N–H and O–H groups in total. The minimum atomic E-state index is 0.552. The first kappa shape index (κ1) is 21.8. The van der Waals surface area contributed by atoms with Crippen molar-refractivity contribution < 1.29 is 4.74 Å². The second-order valence-electron chi connectivity index (χ2n) is 8.79. The molecule has 0 saturated heterocycles. The highest BCUT2D eigenvalue weighted by Crippen LogP contribution is 2.34. The zero-order valence-electron chi connectivity index (χ0n) is 18.4. The van der Waals surface area contributed by atoms with Crippen molar-refractivity contribution in [1.82, 2.24) is 10.2 Å². The van der Waals surface area contributed by atoms with Crippen molar-refractivity contribution in [1.29, 1.82) is 0 Å². The van der Waals surface area contributed by atoms with Gasteiger partial charge >= 0.3 is 0 Å². The normalized spacial score (nSPS) is 19.2. The average molecular weight is 395 g/mol.